The molecular weight excluding hydrogens is 406 g/mol. The molecule has 0 spiro atoms. The van der Waals surface area contributed by atoms with Crippen molar-refractivity contribution in [2.45, 2.75) is 4.90 Å². The molecule has 29 heavy (non-hydrogen) atoms. The van der Waals surface area contributed by atoms with Crippen molar-refractivity contribution in [3.05, 3.63) is 53.6 Å². The molecule has 0 N–H and O–H groups in total. The number of benzene rings is 2. The Bertz CT molecular complexity index is 1050. The number of fused-ring (bicyclic) bond motifs is 1. The van der Waals surface area contributed by atoms with E-state index >= 15 is 0 Å². The van der Waals surface area contributed by atoms with Gasteiger partial charge < -0.3 is 14.4 Å². The van der Waals surface area contributed by atoms with Crippen LogP contribution in [0.15, 0.2) is 41.3 Å². The maximum Gasteiger partial charge on any atom is 0.254 e. The maximum absolute atomic E-state index is 13.9. The normalized spacial score (nSPS) is 17.2. The highest BCUT2D eigenvalue weighted by molar-refractivity contribution is 7.89. The van der Waals surface area contributed by atoms with Gasteiger partial charge >= 0.3 is 0 Å². The fourth-order valence-corrected chi connectivity index (χ4v) is 4.80. The van der Waals surface area contributed by atoms with Gasteiger partial charge in [0, 0.05) is 31.7 Å². The molecule has 0 aromatic heterocycles. The Labute approximate surface area is 166 Å². The summed E-state index contributed by atoms with van der Waals surface area (Å²) in [6.07, 6.45) is 0. The summed E-state index contributed by atoms with van der Waals surface area (Å²) >= 11 is 0. The van der Waals surface area contributed by atoms with Crippen molar-refractivity contribution >= 4 is 15.9 Å². The van der Waals surface area contributed by atoms with Gasteiger partial charge in [0.1, 0.15) is 29.7 Å². The molecule has 0 saturated carbocycles. The fourth-order valence-electron chi connectivity index (χ4n) is 3.30. The van der Waals surface area contributed by atoms with E-state index in [1.807, 2.05) is 0 Å². The van der Waals surface area contributed by atoms with Crippen molar-refractivity contribution in [3.63, 3.8) is 0 Å². The average Bonchev–Trinajstić information content (AvgIpc) is 2.74. The Hall–Kier alpha value is -2.72. The van der Waals surface area contributed by atoms with Crippen LogP contribution in [0.3, 0.4) is 0 Å². The van der Waals surface area contributed by atoms with Gasteiger partial charge in [-0.3, -0.25) is 4.79 Å². The van der Waals surface area contributed by atoms with Gasteiger partial charge in [-0.2, -0.15) is 4.31 Å². The SMILES string of the molecule is O=C(c1ccc2c(c1)OCCO2)N1CCN(S(=O)(=O)c2cc(F)ccc2F)CC1. The zero-order valence-corrected chi connectivity index (χ0v) is 16.1. The lowest BCUT2D eigenvalue weighted by Gasteiger charge is -2.34. The number of piperazine rings is 1. The lowest BCUT2D eigenvalue weighted by atomic mass is 10.1. The van der Waals surface area contributed by atoms with Crippen LogP contribution in [-0.4, -0.2) is 62.9 Å². The first-order chi connectivity index (χ1) is 13.9. The minimum absolute atomic E-state index is 0.0193. The molecule has 10 heteroatoms. The highest BCUT2D eigenvalue weighted by atomic mass is 32.2. The molecule has 2 aliphatic rings. The summed E-state index contributed by atoms with van der Waals surface area (Å²) in [7, 11) is -4.20. The Balaban J connectivity index is 1.46. The Kier molecular flexibility index (Phi) is 5.13. The third kappa shape index (κ3) is 3.77. The standard InChI is InChI=1S/C19H18F2N2O5S/c20-14-2-3-15(21)18(12-14)29(25,26)23-7-5-22(6-8-23)19(24)13-1-4-16-17(11-13)28-10-9-27-16/h1-4,11-12H,5-10H2. The van der Waals surface area contributed by atoms with Crippen LogP contribution in [-0.2, 0) is 10.0 Å². The molecule has 4 rings (SSSR count). The van der Waals surface area contributed by atoms with Gasteiger partial charge in [-0.05, 0) is 36.4 Å². The summed E-state index contributed by atoms with van der Waals surface area (Å²) in [6.45, 7) is 1.07. The first kappa shape index (κ1) is 19.6. The molecule has 0 bridgehead atoms. The van der Waals surface area contributed by atoms with Crippen molar-refractivity contribution in [3.8, 4) is 11.5 Å². The van der Waals surface area contributed by atoms with E-state index in [-0.39, 0.29) is 32.1 Å². The van der Waals surface area contributed by atoms with Crippen LogP contribution in [0.25, 0.3) is 0 Å². The number of carbonyl (C=O) groups excluding carboxylic acids is 1. The van der Waals surface area contributed by atoms with Crippen LogP contribution in [0.2, 0.25) is 0 Å². The Morgan fingerprint density at radius 3 is 2.31 bits per heavy atom. The number of halogens is 2. The molecule has 0 aliphatic carbocycles. The third-order valence-corrected chi connectivity index (χ3v) is 6.74. The predicted octanol–water partition coefficient (Wildman–Crippen LogP) is 1.88. The Morgan fingerprint density at radius 1 is 0.897 bits per heavy atom. The van der Waals surface area contributed by atoms with E-state index in [0.29, 0.717) is 36.3 Å². The van der Waals surface area contributed by atoms with Crippen LogP contribution in [0.4, 0.5) is 8.78 Å². The van der Waals surface area contributed by atoms with Crippen molar-refractivity contribution in [2.75, 3.05) is 39.4 Å². The van der Waals surface area contributed by atoms with Crippen LogP contribution in [0.5, 0.6) is 11.5 Å². The molecule has 7 nitrogen and oxygen atoms in total. The van der Waals surface area contributed by atoms with Gasteiger partial charge in [0.05, 0.1) is 0 Å². The topological polar surface area (TPSA) is 76.2 Å². The Morgan fingerprint density at radius 2 is 1.59 bits per heavy atom. The molecule has 0 atom stereocenters. The van der Waals surface area contributed by atoms with Crippen molar-refractivity contribution in [1.29, 1.82) is 0 Å². The molecule has 0 radical (unpaired) electrons. The highest BCUT2D eigenvalue weighted by Crippen LogP contribution is 2.31. The van der Waals surface area contributed by atoms with Gasteiger partial charge in [0.15, 0.2) is 11.5 Å². The van der Waals surface area contributed by atoms with E-state index in [2.05, 4.69) is 0 Å². The zero-order chi connectivity index (χ0) is 20.6. The molecular formula is C19H18F2N2O5S. The van der Waals surface area contributed by atoms with E-state index in [0.717, 1.165) is 16.4 Å². The van der Waals surface area contributed by atoms with Gasteiger partial charge in [0.2, 0.25) is 10.0 Å². The van der Waals surface area contributed by atoms with Gasteiger partial charge in [-0.25, -0.2) is 17.2 Å². The van der Waals surface area contributed by atoms with E-state index in [4.69, 9.17) is 9.47 Å². The van der Waals surface area contributed by atoms with Crippen molar-refractivity contribution in [2.24, 2.45) is 0 Å². The van der Waals surface area contributed by atoms with Crippen LogP contribution in [0.1, 0.15) is 10.4 Å². The lowest BCUT2D eigenvalue weighted by molar-refractivity contribution is 0.0696. The molecule has 1 fully saturated rings. The van der Waals surface area contributed by atoms with Gasteiger partial charge in [0.25, 0.3) is 5.91 Å². The monoisotopic (exact) mass is 424 g/mol. The van der Waals surface area contributed by atoms with Gasteiger partial charge in [-0.1, -0.05) is 0 Å². The maximum atomic E-state index is 13.9. The number of nitrogens with zero attached hydrogens (tertiary/aromatic N) is 2. The molecule has 0 unspecified atom stereocenters. The number of ether oxygens (including phenoxy) is 2. The van der Waals surface area contributed by atoms with Crippen LogP contribution >= 0.6 is 0 Å². The lowest BCUT2D eigenvalue weighted by Crippen LogP contribution is -2.50. The molecule has 2 heterocycles. The van der Waals surface area contributed by atoms with E-state index in [1.54, 1.807) is 18.2 Å². The number of hydrogen-bond acceptors (Lipinski definition) is 5. The smallest absolute Gasteiger partial charge is 0.254 e. The molecule has 2 aromatic rings. The third-order valence-electron chi connectivity index (χ3n) is 4.83. The second kappa shape index (κ2) is 7.60. The first-order valence-electron chi connectivity index (χ1n) is 9.00. The zero-order valence-electron chi connectivity index (χ0n) is 15.3. The summed E-state index contributed by atoms with van der Waals surface area (Å²) in [6, 6.07) is 7.19. The second-order valence-electron chi connectivity index (χ2n) is 6.63. The summed E-state index contributed by atoms with van der Waals surface area (Å²) in [4.78, 5) is 13.6. The summed E-state index contributed by atoms with van der Waals surface area (Å²) in [5.74, 6) is -1.06. The summed E-state index contributed by atoms with van der Waals surface area (Å²) in [5, 5.41) is 0. The van der Waals surface area contributed by atoms with Crippen molar-refractivity contribution in [1.82, 2.24) is 9.21 Å². The minimum Gasteiger partial charge on any atom is -0.486 e. The molecule has 2 aliphatic heterocycles. The minimum atomic E-state index is -4.20. The van der Waals surface area contributed by atoms with E-state index < -0.39 is 26.6 Å². The molecule has 1 amide bonds. The number of sulfonamides is 1. The van der Waals surface area contributed by atoms with E-state index in [9.17, 15) is 22.0 Å². The average molecular weight is 424 g/mol. The molecule has 154 valence electrons. The fraction of sp³-hybridized carbons (Fsp3) is 0.316. The number of carbonyl (C=O) groups is 1. The summed E-state index contributed by atoms with van der Waals surface area (Å²) in [5.41, 5.74) is 0.404. The largest absolute Gasteiger partial charge is 0.486 e. The second-order valence-corrected chi connectivity index (χ2v) is 8.54. The molecule has 1 saturated heterocycles. The molecule has 2 aromatic carbocycles. The van der Waals surface area contributed by atoms with E-state index in [1.165, 1.54) is 4.90 Å². The predicted molar refractivity (Wildman–Crippen MR) is 98.5 cm³/mol. The quantitative estimate of drug-likeness (QED) is 0.752. The van der Waals surface area contributed by atoms with Crippen LogP contribution in [0, 0.1) is 11.6 Å². The number of rotatable bonds is 3. The highest BCUT2D eigenvalue weighted by Gasteiger charge is 2.32. The van der Waals surface area contributed by atoms with Gasteiger partial charge in [-0.15, -0.1) is 0 Å². The number of hydrogen-bond donors (Lipinski definition) is 0. The van der Waals surface area contributed by atoms with Crippen LogP contribution < -0.4 is 9.47 Å². The van der Waals surface area contributed by atoms with Crippen molar-refractivity contribution < 1.29 is 31.5 Å². The number of amides is 1. The summed E-state index contributed by atoms with van der Waals surface area (Å²) < 4.78 is 64.6. The first-order valence-corrected chi connectivity index (χ1v) is 10.4.